The van der Waals surface area contributed by atoms with E-state index in [9.17, 15) is 22.4 Å². The molecule has 1 aliphatic carbocycles. The van der Waals surface area contributed by atoms with E-state index in [1.54, 1.807) is 43.3 Å². The summed E-state index contributed by atoms with van der Waals surface area (Å²) in [6, 6.07) is 27.8. The molecule has 9 heteroatoms. The summed E-state index contributed by atoms with van der Waals surface area (Å²) in [7, 11) is -4.19. The van der Waals surface area contributed by atoms with Crippen molar-refractivity contribution in [2.24, 2.45) is 0 Å². The minimum atomic E-state index is -4.19. The van der Waals surface area contributed by atoms with Crippen molar-refractivity contribution in [3.05, 3.63) is 131 Å². The van der Waals surface area contributed by atoms with Gasteiger partial charge in [-0.2, -0.15) is 0 Å². The van der Waals surface area contributed by atoms with E-state index in [0.717, 1.165) is 47.5 Å². The first-order valence-corrected chi connectivity index (χ1v) is 17.6. The molecular formula is C38H42FN3O4S. The number of benzene rings is 4. The summed E-state index contributed by atoms with van der Waals surface area (Å²) < 4.78 is 43.5. The Bertz CT molecular complexity index is 1760. The van der Waals surface area contributed by atoms with Crippen LogP contribution in [0.25, 0.3) is 0 Å². The van der Waals surface area contributed by atoms with E-state index < -0.39 is 34.3 Å². The van der Waals surface area contributed by atoms with Gasteiger partial charge in [-0.05, 0) is 79.3 Å². The number of hydrogen-bond acceptors (Lipinski definition) is 4. The fraction of sp³-hybridized carbons (Fsp3) is 0.316. The summed E-state index contributed by atoms with van der Waals surface area (Å²) in [5.41, 5.74) is 3.38. The molecule has 0 radical (unpaired) electrons. The lowest BCUT2D eigenvalue weighted by molar-refractivity contribution is -0.140. The zero-order chi connectivity index (χ0) is 33.4. The SMILES string of the molecule is Cc1ccc(C)c(N(CC(=O)N(Cc2ccc(F)cc2)C(Cc2ccccc2)C(=O)NC2CCCCC2)S(=O)(=O)c2ccccc2)c1. The normalized spacial score (nSPS) is 14.3. The van der Waals surface area contributed by atoms with Gasteiger partial charge in [-0.25, -0.2) is 12.8 Å². The van der Waals surface area contributed by atoms with Crippen LogP contribution in [0.2, 0.25) is 0 Å². The van der Waals surface area contributed by atoms with Gasteiger partial charge in [0, 0.05) is 19.0 Å². The summed E-state index contributed by atoms with van der Waals surface area (Å²) in [5, 5.41) is 3.20. The zero-order valence-electron chi connectivity index (χ0n) is 26.9. The van der Waals surface area contributed by atoms with Crippen molar-refractivity contribution in [1.82, 2.24) is 10.2 Å². The summed E-state index contributed by atoms with van der Waals surface area (Å²) >= 11 is 0. The molecule has 1 unspecified atom stereocenters. The largest absolute Gasteiger partial charge is 0.352 e. The van der Waals surface area contributed by atoms with Crippen molar-refractivity contribution in [2.75, 3.05) is 10.8 Å². The van der Waals surface area contributed by atoms with E-state index >= 15 is 0 Å². The highest BCUT2D eigenvalue weighted by molar-refractivity contribution is 7.92. The number of carbonyl (C=O) groups excluding carboxylic acids is 2. The minimum absolute atomic E-state index is 0.00203. The van der Waals surface area contributed by atoms with Crippen molar-refractivity contribution in [2.45, 2.75) is 75.9 Å². The minimum Gasteiger partial charge on any atom is -0.352 e. The van der Waals surface area contributed by atoms with Crippen LogP contribution >= 0.6 is 0 Å². The van der Waals surface area contributed by atoms with Crippen LogP contribution in [-0.2, 0) is 32.6 Å². The van der Waals surface area contributed by atoms with Crippen LogP contribution in [-0.4, -0.2) is 43.8 Å². The van der Waals surface area contributed by atoms with E-state index in [1.807, 2.05) is 49.4 Å². The van der Waals surface area contributed by atoms with Crippen LogP contribution in [0.3, 0.4) is 0 Å². The van der Waals surface area contributed by atoms with E-state index in [2.05, 4.69) is 5.32 Å². The molecule has 246 valence electrons. The third kappa shape index (κ3) is 8.65. The second kappa shape index (κ2) is 15.4. The molecule has 1 fully saturated rings. The van der Waals surface area contributed by atoms with Crippen LogP contribution in [0.5, 0.6) is 0 Å². The summed E-state index contributed by atoms with van der Waals surface area (Å²) in [6.45, 7) is 3.12. The van der Waals surface area contributed by atoms with Gasteiger partial charge in [0.2, 0.25) is 11.8 Å². The number of hydrogen-bond donors (Lipinski definition) is 1. The monoisotopic (exact) mass is 655 g/mol. The van der Waals surface area contributed by atoms with Crippen molar-refractivity contribution >= 4 is 27.5 Å². The lowest BCUT2D eigenvalue weighted by Gasteiger charge is -2.35. The van der Waals surface area contributed by atoms with Crippen LogP contribution in [0, 0.1) is 19.7 Å². The van der Waals surface area contributed by atoms with Crippen molar-refractivity contribution in [3.8, 4) is 0 Å². The molecule has 1 saturated carbocycles. The first-order valence-electron chi connectivity index (χ1n) is 16.1. The number of nitrogens with one attached hydrogen (secondary N) is 1. The second-order valence-corrected chi connectivity index (χ2v) is 14.2. The van der Waals surface area contributed by atoms with E-state index in [4.69, 9.17) is 0 Å². The summed E-state index contributed by atoms with van der Waals surface area (Å²) in [6.07, 6.45) is 5.13. The van der Waals surface area contributed by atoms with Crippen LogP contribution in [0.1, 0.15) is 54.4 Å². The molecule has 4 aromatic carbocycles. The lowest BCUT2D eigenvalue weighted by atomic mass is 9.94. The predicted molar refractivity (Wildman–Crippen MR) is 183 cm³/mol. The highest BCUT2D eigenvalue weighted by Crippen LogP contribution is 2.29. The second-order valence-electron chi connectivity index (χ2n) is 12.3. The van der Waals surface area contributed by atoms with Crippen LogP contribution in [0.4, 0.5) is 10.1 Å². The van der Waals surface area contributed by atoms with Gasteiger partial charge in [-0.3, -0.25) is 13.9 Å². The third-order valence-electron chi connectivity index (χ3n) is 8.73. The number of halogens is 1. The molecule has 1 atom stereocenters. The molecule has 0 heterocycles. The van der Waals surface area contributed by atoms with E-state index in [-0.39, 0.29) is 29.8 Å². The van der Waals surface area contributed by atoms with Gasteiger partial charge >= 0.3 is 0 Å². The molecule has 0 aromatic heterocycles. The molecule has 47 heavy (non-hydrogen) atoms. The molecular weight excluding hydrogens is 614 g/mol. The van der Waals surface area contributed by atoms with E-state index in [1.165, 1.54) is 29.2 Å². The Kier molecular flexibility index (Phi) is 11.1. The van der Waals surface area contributed by atoms with Gasteiger partial charge in [0.25, 0.3) is 10.0 Å². The maximum Gasteiger partial charge on any atom is 0.264 e. The van der Waals surface area contributed by atoms with Gasteiger partial charge in [-0.1, -0.05) is 92.1 Å². The Morgan fingerprint density at radius 2 is 1.47 bits per heavy atom. The predicted octanol–water partition coefficient (Wildman–Crippen LogP) is 6.73. The summed E-state index contributed by atoms with van der Waals surface area (Å²) in [4.78, 5) is 30.4. The van der Waals surface area contributed by atoms with Gasteiger partial charge in [-0.15, -0.1) is 0 Å². The highest BCUT2D eigenvalue weighted by atomic mass is 32.2. The first-order chi connectivity index (χ1) is 22.6. The number of nitrogens with zero attached hydrogens (tertiary/aromatic N) is 2. The molecule has 0 spiro atoms. The quantitative estimate of drug-likeness (QED) is 0.184. The number of rotatable bonds is 12. The molecule has 5 rings (SSSR count). The molecule has 0 aliphatic heterocycles. The molecule has 7 nitrogen and oxygen atoms in total. The standard InChI is InChI=1S/C38H42FN3O4S/c1-28-18-19-29(2)35(24-28)42(47(45,46)34-16-10-5-11-17-34)27-37(43)41(26-31-20-22-32(39)23-21-31)36(25-30-12-6-3-7-13-30)38(44)40-33-14-8-4-9-15-33/h3,5-7,10-13,16-24,33,36H,4,8-9,14-15,25-27H2,1-2H3,(H,40,44). The topological polar surface area (TPSA) is 86.8 Å². The van der Waals surface area contributed by atoms with E-state index in [0.29, 0.717) is 16.8 Å². The van der Waals surface area contributed by atoms with Crippen molar-refractivity contribution in [3.63, 3.8) is 0 Å². The molecule has 0 saturated heterocycles. The Hall–Kier alpha value is -4.50. The first kappa shape index (κ1) is 33.9. The number of sulfonamides is 1. The van der Waals surface area contributed by atoms with Gasteiger partial charge < -0.3 is 10.2 Å². The summed E-state index contributed by atoms with van der Waals surface area (Å²) in [5.74, 6) is -1.26. The molecule has 0 bridgehead atoms. The molecule has 4 aromatic rings. The fourth-order valence-electron chi connectivity index (χ4n) is 6.11. The van der Waals surface area contributed by atoms with Gasteiger partial charge in [0.15, 0.2) is 0 Å². The van der Waals surface area contributed by atoms with Crippen LogP contribution < -0.4 is 9.62 Å². The van der Waals surface area contributed by atoms with Crippen molar-refractivity contribution in [1.29, 1.82) is 0 Å². The average molecular weight is 656 g/mol. The van der Waals surface area contributed by atoms with Gasteiger partial charge in [0.1, 0.15) is 18.4 Å². The number of amides is 2. The Morgan fingerprint density at radius 3 is 2.13 bits per heavy atom. The molecule has 2 amide bonds. The number of carbonyl (C=O) groups is 2. The maximum atomic E-state index is 14.7. The van der Waals surface area contributed by atoms with Crippen LogP contribution in [0.15, 0.2) is 108 Å². The lowest BCUT2D eigenvalue weighted by Crippen LogP contribution is -2.55. The zero-order valence-corrected chi connectivity index (χ0v) is 27.8. The van der Waals surface area contributed by atoms with Crippen molar-refractivity contribution < 1.29 is 22.4 Å². The number of aryl methyl sites for hydroxylation is 2. The highest BCUT2D eigenvalue weighted by Gasteiger charge is 2.35. The Labute approximate surface area is 277 Å². The smallest absolute Gasteiger partial charge is 0.264 e. The number of anilines is 1. The maximum absolute atomic E-state index is 14.7. The van der Waals surface area contributed by atoms with Gasteiger partial charge in [0.05, 0.1) is 10.6 Å². The Balaban J connectivity index is 1.58. The molecule has 1 aliphatic rings. The Morgan fingerprint density at radius 1 is 0.830 bits per heavy atom. The average Bonchev–Trinajstić information content (AvgIpc) is 3.08. The fourth-order valence-corrected chi connectivity index (χ4v) is 7.60. The third-order valence-corrected chi connectivity index (χ3v) is 10.5. The molecule has 1 N–H and O–H groups in total.